The highest BCUT2D eigenvalue weighted by Crippen LogP contribution is 2.63. The van der Waals surface area contributed by atoms with Gasteiger partial charge < -0.3 is 18.9 Å². The minimum Gasteiger partial charge on any atom is -0.468 e. The summed E-state index contributed by atoms with van der Waals surface area (Å²) in [7, 11) is 3.77. The van der Waals surface area contributed by atoms with Gasteiger partial charge in [0.05, 0.1) is 7.11 Å². The molecule has 1 aliphatic heterocycles. The van der Waals surface area contributed by atoms with Crippen LogP contribution in [-0.2, 0) is 28.5 Å². The van der Waals surface area contributed by atoms with Crippen molar-refractivity contribution in [1.29, 1.82) is 0 Å². The Kier molecular flexibility index (Phi) is 4.99. The molecule has 142 valence electrons. The van der Waals surface area contributed by atoms with E-state index in [4.69, 9.17) is 42.1 Å². The maximum absolute atomic E-state index is 13.0. The second kappa shape index (κ2) is 6.68. The predicted molar refractivity (Wildman–Crippen MR) is 93.9 cm³/mol. The van der Waals surface area contributed by atoms with Gasteiger partial charge in [-0.2, -0.15) is 0 Å². The van der Waals surface area contributed by atoms with E-state index in [0.29, 0.717) is 6.42 Å². The molecule has 1 heterocycles. The molecule has 8 heteroatoms. The van der Waals surface area contributed by atoms with Gasteiger partial charge in [-0.1, -0.05) is 30.3 Å². The van der Waals surface area contributed by atoms with Crippen LogP contribution in [0.4, 0.5) is 0 Å². The van der Waals surface area contributed by atoms with Gasteiger partial charge in [0.15, 0.2) is 4.87 Å². The average Bonchev–Trinajstić information content (AvgIpc) is 2.87. The summed E-state index contributed by atoms with van der Waals surface area (Å²) < 4.78 is 21.4. The van der Waals surface area contributed by atoms with Crippen LogP contribution in [0.5, 0.6) is 0 Å². The van der Waals surface area contributed by atoms with Crippen LogP contribution in [0, 0.1) is 5.92 Å². The normalized spacial score (nSPS) is 35.5. The molecular formula is C18H20Cl2O6. The van der Waals surface area contributed by atoms with Crippen molar-refractivity contribution >= 4 is 35.1 Å². The van der Waals surface area contributed by atoms with Crippen LogP contribution in [0.15, 0.2) is 30.3 Å². The quantitative estimate of drug-likeness (QED) is 0.438. The third-order valence-corrected chi connectivity index (χ3v) is 6.66. The standard InChI is InChI=1S/C18H20Cl2O6/c1-23-14(21)16(19)10-12-9-13(11-7-5-4-6-8-11)26-15(22)17(12,20)18(16,24-2)25-3/h4-8,12-13H,9-10H2,1-3H3/t12-,13+,16+,17-/m0/s1. The number of methoxy groups -OCH3 is 3. The van der Waals surface area contributed by atoms with Crippen LogP contribution >= 0.6 is 23.2 Å². The highest BCUT2D eigenvalue weighted by atomic mass is 35.5. The zero-order valence-electron chi connectivity index (χ0n) is 14.7. The predicted octanol–water partition coefficient (Wildman–Crippen LogP) is 2.81. The molecule has 4 atom stereocenters. The summed E-state index contributed by atoms with van der Waals surface area (Å²) in [5.41, 5.74) is 0.838. The van der Waals surface area contributed by atoms with Crippen molar-refractivity contribution in [3.8, 4) is 0 Å². The molecule has 1 aromatic carbocycles. The molecule has 0 N–H and O–H groups in total. The first-order chi connectivity index (χ1) is 12.3. The third-order valence-electron chi connectivity index (χ3n) is 5.39. The van der Waals surface area contributed by atoms with E-state index in [2.05, 4.69) is 0 Å². The molecule has 2 aliphatic rings. The van der Waals surface area contributed by atoms with Gasteiger partial charge in [-0.3, -0.25) is 0 Å². The molecule has 0 spiro atoms. The molecular weight excluding hydrogens is 383 g/mol. The third kappa shape index (κ3) is 2.32. The molecule has 6 nitrogen and oxygen atoms in total. The first-order valence-corrected chi connectivity index (χ1v) is 8.89. The zero-order valence-corrected chi connectivity index (χ0v) is 16.2. The zero-order chi connectivity index (χ0) is 19.2. The molecule has 0 aromatic heterocycles. The summed E-state index contributed by atoms with van der Waals surface area (Å²) in [5, 5.41) is 0. The van der Waals surface area contributed by atoms with Crippen LogP contribution in [0.2, 0.25) is 0 Å². The Bertz CT molecular complexity index is 707. The van der Waals surface area contributed by atoms with E-state index in [-0.39, 0.29) is 6.42 Å². The van der Waals surface area contributed by atoms with E-state index < -0.39 is 39.5 Å². The number of carbonyl (C=O) groups excluding carboxylic acids is 2. The number of rotatable bonds is 4. The summed E-state index contributed by atoms with van der Waals surface area (Å²) >= 11 is 13.4. The largest absolute Gasteiger partial charge is 0.468 e. The van der Waals surface area contributed by atoms with Gasteiger partial charge in [-0.15, -0.1) is 23.2 Å². The Balaban J connectivity index is 2.07. The number of esters is 2. The van der Waals surface area contributed by atoms with Gasteiger partial charge in [-0.25, -0.2) is 9.59 Å². The van der Waals surface area contributed by atoms with Gasteiger partial charge in [0.2, 0.25) is 10.7 Å². The number of hydrogen-bond donors (Lipinski definition) is 0. The van der Waals surface area contributed by atoms with Crippen LogP contribution in [0.3, 0.4) is 0 Å². The van der Waals surface area contributed by atoms with E-state index >= 15 is 0 Å². The smallest absolute Gasteiger partial charge is 0.333 e. The van der Waals surface area contributed by atoms with Crippen molar-refractivity contribution in [2.75, 3.05) is 21.3 Å². The Morgan fingerprint density at radius 1 is 1.15 bits per heavy atom. The van der Waals surface area contributed by atoms with E-state index in [9.17, 15) is 9.59 Å². The fourth-order valence-corrected chi connectivity index (χ4v) is 5.34. The highest BCUT2D eigenvalue weighted by molar-refractivity contribution is 6.41. The number of halogens is 2. The molecule has 1 saturated carbocycles. The first kappa shape index (κ1) is 19.4. The first-order valence-electron chi connectivity index (χ1n) is 8.13. The van der Waals surface area contributed by atoms with Gasteiger partial charge >= 0.3 is 11.9 Å². The van der Waals surface area contributed by atoms with Gasteiger partial charge in [0.1, 0.15) is 6.10 Å². The average molecular weight is 403 g/mol. The lowest BCUT2D eigenvalue weighted by atomic mass is 9.83. The fraction of sp³-hybridized carbons (Fsp3) is 0.556. The van der Waals surface area contributed by atoms with Gasteiger partial charge in [-0.05, 0) is 18.4 Å². The summed E-state index contributed by atoms with van der Waals surface area (Å²) in [6, 6.07) is 9.31. The second-order valence-electron chi connectivity index (χ2n) is 6.47. The summed E-state index contributed by atoms with van der Waals surface area (Å²) in [5.74, 6) is -3.97. The van der Waals surface area contributed by atoms with Crippen molar-refractivity contribution in [2.24, 2.45) is 5.92 Å². The summed E-state index contributed by atoms with van der Waals surface area (Å²) in [4.78, 5) is 21.9. The van der Waals surface area contributed by atoms with Crippen LogP contribution in [-0.4, -0.2) is 48.8 Å². The van der Waals surface area contributed by atoms with Crippen molar-refractivity contribution in [3.05, 3.63) is 35.9 Å². The van der Waals surface area contributed by atoms with E-state index in [1.807, 2.05) is 30.3 Å². The lowest BCUT2D eigenvalue weighted by molar-refractivity contribution is -0.249. The maximum Gasteiger partial charge on any atom is 0.333 e. The molecule has 1 aromatic rings. The lowest BCUT2D eigenvalue weighted by Crippen LogP contribution is -2.67. The SMILES string of the molecule is COC(=O)[C@]1(Cl)C[C@@H]2C[C@H](c3ccccc3)OC(=O)[C@]2(Cl)C1(OC)OC. The van der Waals surface area contributed by atoms with E-state index in [0.717, 1.165) is 5.56 Å². The molecule has 26 heavy (non-hydrogen) atoms. The highest BCUT2D eigenvalue weighted by Gasteiger charge is 2.81. The number of carbonyl (C=O) groups is 2. The Labute approximate surface area is 161 Å². The molecule has 0 amide bonds. The van der Waals surface area contributed by atoms with E-state index in [1.165, 1.54) is 21.3 Å². The minimum absolute atomic E-state index is 0.0465. The van der Waals surface area contributed by atoms with Crippen molar-refractivity contribution < 1.29 is 28.5 Å². The number of cyclic esters (lactones) is 1. The Morgan fingerprint density at radius 3 is 2.31 bits per heavy atom. The van der Waals surface area contributed by atoms with Gasteiger partial charge in [0.25, 0.3) is 0 Å². The van der Waals surface area contributed by atoms with Gasteiger partial charge in [0, 0.05) is 20.1 Å². The fourth-order valence-electron chi connectivity index (χ4n) is 4.20. The summed E-state index contributed by atoms with van der Waals surface area (Å²) in [6.07, 6.45) is -0.0760. The van der Waals surface area contributed by atoms with Crippen LogP contribution in [0.25, 0.3) is 0 Å². The van der Waals surface area contributed by atoms with Crippen molar-refractivity contribution in [3.63, 3.8) is 0 Å². The molecule has 3 rings (SSSR count). The van der Waals surface area contributed by atoms with Crippen LogP contribution in [0.1, 0.15) is 24.5 Å². The maximum atomic E-state index is 13.0. The Hall–Kier alpha value is -1.34. The Morgan fingerprint density at radius 2 is 1.77 bits per heavy atom. The van der Waals surface area contributed by atoms with Crippen molar-refractivity contribution in [1.82, 2.24) is 0 Å². The lowest BCUT2D eigenvalue weighted by Gasteiger charge is -2.46. The van der Waals surface area contributed by atoms with Crippen LogP contribution < -0.4 is 0 Å². The molecule has 1 saturated heterocycles. The van der Waals surface area contributed by atoms with E-state index in [1.54, 1.807) is 0 Å². The number of ether oxygens (including phenoxy) is 4. The monoisotopic (exact) mass is 402 g/mol. The number of benzene rings is 1. The molecule has 0 unspecified atom stereocenters. The number of fused-ring (bicyclic) bond motifs is 1. The summed E-state index contributed by atoms with van der Waals surface area (Å²) in [6.45, 7) is 0. The molecule has 0 bridgehead atoms. The van der Waals surface area contributed by atoms with Crippen molar-refractivity contribution in [2.45, 2.75) is 34.5 Å². The number of alkyl halides is 2. The molecule has 1 aliphatic carbocycles. The minimum atomic E-state index is -1.93. The number of hydrogen-bond acceptors (Lipinski definition) is 6. The molecule has 2 fully saturated rings. The second-order valence-corrected chi connectivity index (χ2v) is 7.71. The topological polar surface area (TPSA) is 71.1 Å². The molecule has 0 radical (unpaired) electrons.